The molecule has 1 aliphatic carbocycles. The Bertz CT molecular complexity index is 5290. The lowest BCUT2D eigenvalue weighted by atomic mass is 9.75. The zero-order chi connectivity index (χ0) is 83.5. The highest BCUT2D eigenvalue weighted by Gasteiger charge is 2.40. The molecule has 4 heterocycles. The molecule has 1 fully saturated rings. The van der Waals surface area contributed by atoms with E-state index in [1.54, 1.807) is 85.4 Å². The molecule has 0 saturated heterocycles. The number of phenolic OH excluding ortho intramolecular Hbond substituents is 1. The van der Waals surface area contributed by atoms with Crippen LogP contribution in [0, 0.1) is 17.8 Å². The van der Waals surface area contributed by atoms with Gasteiger partial charge in [-0.25, -0.2) is 19.1 Å². The molecule has 6 N–H and O–H groups in total. The zero-order valence-corrected chi connectivity index (χ0v) is 69.4. The topological polar surface area (TPSA) is 323 Å². The Hall–Kier alpha value is -12.0. The number of ether oxygens (including phenoxy) is 2. The van der Waals surface area contributed by atoms with E-state index in [2.05, 4.69) is 81.2 Å². The number of thioether (sulfide) groups is 1. The van der Waals surface area contributed by atoms with Gasteiger partial charge < -0.3 is 35.0 Å². The van der Waals surface area contributed by atoms with Crippen LogP contribution in [0.2, 0.25) is 0 Å². The smallest absolute Gasteiger partial charge is 0.343 e. The predicted molar refractivity (Wildman–Crippen MR) is 458 cm³/mol. The van der Waals surface area contributed by atoms with Gasteiger partial charge in [0.2, 0.25) is 11.8 Å². The minimum atomic E-state index is -0.752. The number of nitrogens with one attached hydrogen (secondary N) is 5. The number of H-pyrrole nitrogens is 3. The van der Waals surface area contributed by atoms with E-state index < -0.39 is 35.1 Å². The van der Waals surface area contributed by atoms with Crippen molar-refractivity contribution in [3.05, 3.63) is 221 Å². The van der Waals surface area contributed by atoms with Gasteiger partial charge in [-0.1, -0.05) is 211 Å². The fraction of sp³-hybridized carbons (Fsp3) is 0.363. The number of carbonyl (C=O) groups is 7. The highest BCUT2D eigenvalue weighted by molar-refractivity contribution is 7.99. The van der Waals surface area contributed by atoms with Gasteiger partial charge in [-0.05, 0) is 146 Å². The summed E-state index contributed by atoms with van der Waals surface area (Å²) in [6, 6.07) is 54.3. The SMILES string of the molecule is CC(=O)N(C)C(=O)c1c(C(=O)OC2C(C)CC(C)CC2C)c2nc(C(C)(C)C)[nH]n2c1NC(=O)c1ccccc1.CCCCCCCCCCCCN(C(C)=O)c1cccc2c(O)c(C(=O)Nc3ccccc3)cc(SCCCC)c12.O=C(Oc1ccccc1)c1ccc2n[nH]nc2c1.c1ccc(OOCc2ccc3n[nH]nc3c2)cc1. The molecule has 2 atom stereocenters. The third-order valence-electron chi connectivity index (χ3n) is 20.2. The molecule has 1 saturated carbocycles. The lowest BCUT2D eigenvalue weighted by Crippen LogP contribution is -2.38. The number of anilines is 3. The monoisotopic (exact) mass is 1610 g/mol. The normalized spacial score (nSPS) is 14.4. The number of rotatable bonds is 29. The van der Waals surface area contributed by atoms with Crippen molar-refractivity contribution in [3.63, 3.8) is 0 Å². The second-order valence-corrected chi connectivity index (χ2v) is 31.7. The highest BCUT2D eigenvalue weighted by atomic mass is 32.2. The molecule has 0 bridgehead atoms. The van der Waals surface area contributed by atoms with Gasteiger partial charge in [0.05, 0.1) is 16.8 Å². The van der Waals surface area contributed by atoms with Gasteiger partial charge >= 0.3 is 11.9 Å². The summed E-state index contributed by atoms with van der Waals surface area (Å²) in [5, 5.41) is 42.5. The van der Waals surface area contributed by atoms with Gasteiger partial charge in [0, 0.05) is 59.8 Å². The molecule has 0 aliphatic heterocycles. The van der Waals surface area contributed by atoms with Crippen LogP contribution in [0.4, 0.5) is 17.2 Å². The molecule has 117 heavy (non-hydrogen) atoms. The van der Waals surface area contributed by atoms with Crippen LogP contribution in [0.15, 0.2) is 187 Å². The lowest BCUT2D eigenvalue weighted by Gasteiger charge is -2.37. The Kier molecular flexibility index (Phi) is 31.8. The van der Waals surface area contributed by atoms with Crippen LogP contribution in [0.25, 0.3) is 38.5 Å². The third kappa shape index (κ3) is 23.8. The molecular weight excluding hydrogens is 1500 g/mol. The zero-order valence-electron chi connectivity index (χ0n) is 68.6. The van der Waals surface area contributed by atoms with Gasteiger partial charge in [-0.15, -0.1) is 11.8 Å². The van der Waals surface area contributed by atoms with Crippen molar-refractivity contribution >= 4 is 109 Å². The van der Waals surface area contributed by atoms with Crippen LogP contribution in [0.3, 0.4) is 0 Å². The van der Waals surface area contributed by atoms with Crippen molar-refractivity contribution in [1.29, 1.82) is 0 Å². The number of para-hydroxylation sites is 3. The molecule has 26 heteroatoms. The number of aromatic amines is 3. The van der Waals surface area contributed by atoms with Gasteiger partial charge in [-0.3, -0.25) is 34.0 Å². The Morgan fingerprint density at radius 2 is 1.16 bits per heavy atom. The number of benzene rings is 8. The summed E-state index contributed by atoms with van der Waals surface area (Å²) in [7, 11) is 1.33. The van der Waals surface area contributed by atoms with E-state index in [1.807, 2.05) is 141 Å². The number of nitrogens with zero attached hydrogens (tertiary/aromatic N) is 8. The minimum absolute atomic E-state index is 0.00951. The molecule has 25 nitrogen and oxygen atoms in total. The molecule has 12 aromatic rings. The number of hydrogen-bond donors (Lipinski definition) is 6. The number of unbranched alkanes of at least 4 members (excludes halogenated alkanes) is 10. The van der Waals surface area contributed by atoms with Crippen LogP contribution < -0.4 is 25.2 Å². The first kappa shape index (κ1) is 87.4. The fourth-order valence-electron chi connectivity index (χ4n) is 14.0. The quantitative estimate of drug-likeness (QED) is 0.00633. The molecule has 5 amide bonds. The summed E-state index contributed by atoms with van der Waals surface area (Å²) >= 11 is 1.68. The van der Waals surface area contributed by atoms with Gasteiger partial charge in [0.15, 0.2) is 11.4 Å². The molecule has 13 rings (SSSR count). The number of aromatic hydroxyl groups is 1. The van der Waals surface area contributed by atoms with E-state index >= 15 is 0 Å². The second-order valence-electron chi connectivity index (χ2n) is 30.6. The number of hydrogen-bond acceptors (Lipinski definition) is 18. The Morgan fingerprint density at radius 3 is 1.77 bits per heavy atom. The Labute approximate surface area is 686 Å². The summed E-state index contributed by atoms with van der Waals surface area (Å²) in [6.45, 7) is 20.4. The van der Waals surface area contributed by atoms with E-state index in [4.69, 9.17) is 24.2 Å². The number of imide groups is 1. The van der Waals surface area contributed by atoms with Crippen molar-refractivity contribution in [2.75, 3.05) is 34.9 Å². The molecular formula is C91H107N13O12S. The fourth-order valence-corrected chi connectivity index (χ4v) is 15.2. The number of aromatic nitrogens is 9. The van der Waals surface area contributed by atoms with Gasteiger partial charge in [0.1, 0.15) is 69.0 Å². The standard InChI is InChI=1S/C35H48N2O3S.C30H39N5O5.C13H11N3O2.C13H9N3O2/c1-4-6-8-9-10-11-12-13-14-18-24-37(27(3)38)31-23-19-22-29-33(31)32(41-25-7-5-2)26-30(34(29)39)35(40)36-28-20-16-15-17-21-28;1-16-14-17(2)23(18(3)15-16)40-28(39)22-21(27(38)34(8)19(4)36)24(31-26(37)20-12-10-9-11-13-20)35-25(22)32-29(33-35)30(5,6)7;1-2-4-11(5-3-1)18-17-9-10-6-7-12-13(8-10)15-16-14-12;17-13(18-10-4-2-1-3-5-10)9-6-7-11-12(8-9)15-16-14-11/h15-17,19-23,26,39H,4-14,18,24-25H2,1-3H3,(H,36,40);9-13,16-18,23H,14-15H2,1-8H3,(H,31,37)(H,32,33);1-8H,9H2,(H,14,15,16);1-8H,(H,14,15,16). The van der Waals surface area contributed by atoms with Gasteiger partial charge in [0.25, 0.3) is 17.7 Å². The summed E-state index contributed by atoms with van der Waals surface area (Å²) in [5.41, 5.74) is 5.94. The number of amides is 5. The maximum Gasteiger partial charge on any atom is 0.343 e. The van der Waals surface area contributed by atoms with Crippen molar-refractivity contribution in [2.45, 2.75) is 182 Å². The van der Waals surface area contributed by atoms with Crippen LogP contribution in [0.1, 0.15) is 222 Å². The lowest BCUT2D eigenvalue weighted by molar-refractivity contribution is -0.217. The van der Waals surface area contributed by atoms with E-state index in [1.165, 1.54) is 69.9 Å². The first-order valence-corrected chi connectivity index (χ1v) is 41.2. The van der Waals surface area contributed by atoms with E-state index in [0.29, 0.717) is 69.6 Å². The summed E-state index contributed by atoms with van der Waals surface area (Å²) in [6.07, 6.45) is 16.0. The first-order chi connectivity index (χ1) is 56.4. The van der Waals surface area contributed by atoms with Crippen LogP contribution in [-0.2, 0) is 31.2 Å². The van der Waals surface area contributed by atoms with Crippen LogP contribution in [0.5, 0.6) is 17.2 Å². The molecule has 8 aromatic carbocycles. The number of phenols is 1. The van der Waals surface area contributed by atoms with Crippen molar-refractivity contribution < 1.29 is 57.9 Å². The van der Waals surface area contributed by atoms with Crippen molar-refractivity contribution in [1.82, 2.24) is 50.3 Å². The van der Waals surface area contributed by atoms with Crippen molar-refractivity contribution in [3.8, 4) is 17.2 Å². The molecule has 1 aliphatic rings. The van der Waals surface area contributed by atoms with E-state index in [9.17, 15) is 38.7 Å². The Balaban J connectivity index is 0.000000175. The maximum absolute atomic E-state index is 14.0. The maximum atomic E-state index is 14.0. The number of esters is 2. The van der Waals surface area contributed by atoms with Crippen LogP contribution >= 0.6 is 11.8 Å². The first-order valence-electron chi connectivity index (χ1n) is 40.2. The van der Waals surface area contributed by atoms with Crippen LogP contribution in [-0.4, -0.2) is 122 Å². The van der Waals surface area contributed by atoms with Crippen molar-refractivity contribution in [2.24, 2.45) is 17.8 Å². The molecule has 4 aromatic heterocycles. The molecule has 614 valence electrons. The summed E-state index contributed by atoms with van der Waals surface area (Å²) in [5.74, 6) is 0.0897. The van der Waals surface area contributed by atoms with E-state index in [0.717, 1.165) is 81.7 Å². The summed E-state index contributed by atoms with van der Waals surface area (Å²) in [4.78, 5) is 110. The largest absolute Gasteiger partial charge is 0.506 e. The average Bonchev–Trinajstić information content (AvgIpc) is 1.59. The second kappa shape index (κ2) is 42.5. The van der Waals surface area contributed by atoms with E-state index in [-0.39, 0.29) is 63.7 Å². The molecule has 0 spiro atoms. The van der Waals surface area contributed by atoms with Gasteiger partial charge in [-0.2, -0.15) is 35.7 Å². The molecule has 0 radical (unpaired) electrons. The molecule has 2 unspecified atom stereocenters. The average molecular weight is 1610 g/mol. The third-order valence-corrected chi connectivity index (χ3v) is 21.3. The highest BCUT2D eigenvalue weighted by Crippen LogP contribution is 2.43. The number of fused-ring (bicyclic) bond motifs is 4. The summed E-state index contributed by atoms with van der Waals surface area (Å²) < 4.78 is 12.8. The Morgan fingerprint density at radius 1 is 0.590 bits per heavy atom. The minimum Gasteiger partial charge on any atom is -0.506 e. The predicted octanol–water partition coefficient (Wildman–Crippen LogP) is 19.7. The number of carbonyl (C=O) groups excluding carboxylic acids is 7.